The Morgan fingerprint density at radius 1 is 1.45 bits per heavy atom. The van der Waals surface area contributed by atoms with Crippen LogP contribution in [0.4, 0.5) is 0 Å². The van der Waals surface area contributed by atoms with Gasteiger partial charge in [0.05, 0.1) is 0 Å². The number of rotatable bonds is 1. The molecule has 0 bridgehead atoms. The van der Waals surface area contributed by atoms with Gasteiger partial charge in [-0.3, -0.25) is 0 Å². The van der Waals surface area contributed by atoms with Crippen molar-refractivity contribution in [1.29, 1.82) is 0 Å². The zero-order valence-corrected chi connectivity index (χ0v) is 6.52. The maximum absolute atomic E-state index is 3.14. The predicted molar refractivity (Wildman–Crippen MR) is 46.5 cm³/mol. The van der Waals surface area contributed by atoms with E-state index in [1.165, 1.54) is 16.5 Å². The molecule has 1 N–H and O–H groups in total. The molecule has 1 heterocycles. The van der Waals surface area contributed by atoms with Gasteiger partial charge in [-0.2, -0.15) is 0 Å². The third-order valence-corrected chi connectivity index (χ3v) is 1.95. The summed E-state index contributed by atoms with van der Waals surface area (Å²) in [5.41, 5.74) is 2.54. The number of aromatic nitrogens is 1. The van der Waals surface area contributed by atoms with Crippen LogP contribution in [-0.2, 0) is 6.42 Å². The molecule has 0 aliphatic rings. The van der Waals surface area contributed by atoms with Crippen molar-refractivity contribution in [2.24, 2.45) is 0 Å². The Morgan fingerprint density at radius 2 is 2.36 bits per heavy atom. The first-order valence-electron chi connectivity index (χ1n) is 3.88. The van der Waals surface area contributed by atoms with Crippen LogP contribution in [0.25, 0.3) is 10.9 Å². The van der Waals surface area contributed by atoms with Gasteiger partial charge in [-0.05, 0) is 24.1 Å². The number of nitrogens with one attached hydrogen (secondary N) is 1. The van der Waals surface area contributed by atoms with Crippen molar-refractivity contribution in [1.82, 2.24) is 4.98 Å². The first-order chi connectivity index (χ1) is 5.40. The molecule has 11 heavy (non-hydrogen) atoms. The second-order valence-corrected chi connectivity index (χ2v) is 2.67. The van der Waals surface area contributed by atoms with Crippen LogP contribution in [0.5, 0.6) is 0 Å². The largest absolute Gasteiger partial charge is 0.361 e. The van der Waals surface area contributed by atoms with Gasteiger partial charge in [-0.25, -0.2) is 0 Å². The fourth-order valence-corrected chi connectivity index (χ4v) is 1.25. The summed E-state index contributed by atoms with van der Waals surface area (Å²) in [5.74, 6) is 0. The van der Waals surface area contributed by atoms with Gasteiger partial charge < -0.3 is 4.98 Å². The van der Waals surface area contributed by atoms with Crippen molar-refractivity contribution < 1.29 is 0 Å². The predicted octanol–water partition coefficient (Wildman–Crippen LogP) is 2.53. The quantitative estimate of drug-likeness (QED) is 0.633. The maximum atomic E-state index is 3.14. The Hall–Kier alpha value is -1.24. The van der Waals surface area contributed by atoms with E-state index in [4.69, 9.17) is 0 Å². The van der Waals surface area contributed by atoms with Crippen LogP contribution >= 0.6 is 0 Å². The lowest BCUT2D eigenvalue weighted by molar-refractivity contribution is 1.15. The molecule has 1 heteroatoms. The molecule has 1 nitrogen and oxygen atoms in total. The molecule has 2 rings (SSSR count). The first kappa shape index (κ1) is 6.47. The van der Waals surface area contributed by atoms with Crippen molar-refractivity contribution >= 4 is 10.9 Å². The summed E-state index contributed by atoms with van der Waals surface area (Å²) in [4.78, 5) is 3.12. The molecule has 0 atom stereocenters. The van der Waals surface area contributed by atoms with E-state index in [2.05, 4.69) is 36.2 Å². The number of hydrogen-bond donors (Lipinski definition) is 1. The van der Waals surface area contributed by atoms with Crippen molar-refractivity contribution in [2.45, 2.75) is 13.3 Å². The average molecular weight is 144 g/mol. The first-order valence-corrected chi connectivity index (χ1v) is 3.88. The Kier molecular flexibility index (Phi) is 1.42. The number of hydrogen-bond acceptors (Lipinski definition) is 0. The van der Waals surface area contributed by atoms with Gasteiger partial charge in [0.2, 0.25) is 0 Å². The monoisotopic (exact) mass is 144 g/mol. The van der Waals surface area contributed by atoms with E-state index < -0.39 is 0 Å². The van der Waals surface area contributed by atoms with Crippen LogP contribution in [0.2, 0.25) is 0 Å². The zero-order chi connectivity index (χ0) is 7.68. The summed E-state index contributed by atoms with van der Waals surface area (Å²) in [6.07, 6.45) is 2.94. The van der Waals surface area contributed by atoms with E-state index in [1.54, 1.807) is 0 Å². The molecule has 0 aliphatic heterocycles. The summed E-state index contributed by atoms with van der Waals surface area (Å²) < 4.78 is 0. The molecular weight excluding hydrogens is 134 g/mol. The average Bonchev–Trinajstić information content (AvgIpc) is 2.50. The van der Waals surface area contributed by atoms with Gasteiger partial charge in [0.1, 0.15) is 0 Å². The Labute approximate surface area is 66.1 Å². The zero-order valence-electron chi connectivity index (χ0n) is 6.52. The SMILES string of the molecule is CCc1ccc2[nH]c[c]c2c1. The van der Waals surface area contributed by atoms with Crippen LogP contribution in [-0.4, -0.2) is 4.98 Å². The lowest BCUT2D eigenvalue weighted by Crippen LogP contribution is -1.77. The highest BCUT2D eigenvalue weighted by molar-refractivity contribution is 5.79. The van der Waals surface area contributed by atoms with E-state index in [-0.39, 0.29) is 0 Å². The van der Waals surface area contributed by atoms with E-state index in [0.29, 0.717) is 0 Å². The van der Waals surface area contributed by atoms with Gasteiger partial charge in [-0.1, -0.05) is 13.0 Å². The molecule has 0 aliphatic carbocycles. The third kappa shape index (κ3) is 1.03. The molecule has 0 saturated carbocycles. The van der Waals surface area contributed by atoms with Crippen molar-refractivity contribution in [3.8, 4) is 0 Å². The third-order valence-electron chi connectivity index (χ3n) is 1.95. The second-order valence-electron chi connectivity index (χ2n) is 2.67. The molecule has 55 valence electrons. The molecule has 1 aromatic carbocycles. The molecule has 0 saturated heterocycles. The normalized spacial score (nSPS) is 10.6. The number of H-pyrrole nitrogens is 1. The molecule has 1 aromatic heterocycles. The number of aryl methyl sites for hydroxylation is 1. The Bertz CT molecular complexity index is 360. The highest BCUT2D eigenvalue weighted by Crippen LogP contribution is 2.13. The van der Waals surface area contributed by atoms with Crippen LogP contribution in [0.3, 0.4) is 0 Å². The van der Waals surface area contributed by atoms with E-state index in [9.17, 15) is 0 Å². The summed E-state index contributed by atoms with van der Waals surface area (Å²) in [7, 11) is 0. The lowest BCUT2D eigenvalue weighted by Gasteiger charge is -1.94. The topological polar surface area (TPSA) is 15.8 Å². The number of fused-ring (bicyclic) bond motifs is 1. The highest BCUT2D eigenvalue weighted by atomic mass is 14.7. The minimum absolute atomic E-state index is 1.09. The van der Waals surface area contributed by atoms with Gasteiger partial charge >= 0.3 is 0 Å². The minimum Gasteiger partial charge on any atom is -0.361 e. The lowest BCUT2D eigenvalue weighted by atomic mass is 10.1. The second kappa shape index (κ2) is 2.42. The standard InChI is InChI=1S/C10H10N/c1-2-8-3-4-10-9(7-8)5-6-11-10/h3-4,6-7,11H,2H2,1H3. The van der Waals surface area contributed by atoms with Gasteiger partial charge in [0.15, 0.2) is 0 Å². The van der Waals surface area contributed by atoms with E-state index in [0.717, 1.165) is 6.42 Å². The molecule has 0 fully saturated rings. The van der Waals surface area contributed by atoms with E-state index >= 15 is 0 Å². The summed E-state index contributed by atoms with van der Waals surface area (Å²) in [6, 6.07) is 9.56. The van der Waals surface area contributed by atoms with Crippen LogP contribution in [0.15, 0.2) is 24.4 Å². The Morgan fingerprint density at radius 3 is 3.18 bits per heavy atom. The summed E-state index contributed by atoms with van der Waals surface area (Å²) in [5, 5.41) is 1.18. The molecule has 1 radical (unpaired) electrons. The van der Waals surface area contributed by atoms with Crippen LogP contribution in [0, 0.1) is 6.07 Å². The van der Waals surface area contributed by atoms with Gasteiger partial charge in [0.25, 0.3) is 0 Å². The summed E-state index contributed by atoms with van der Waals surface area (Å²) in [6.45, 7) is 2.16. The molecule has 0 amide bonds. The highest BCUT2D eigenvalue weighted by Gasteiger charge is 1.94. The minimum atomic E-state index is 1.09. The molecule has 2 aromatic rings. The van der Waals surface area contributed by atoms with Gasteiger partial charge in [-0.15, -0.1) is 0 Å². The number of benzene rings is 1. The van der Waals surface area contributed by atoms with Crippen LogP contribution in [0.1, 0.15) is 12.5 Å². The van der Waals surface area contributed by atoms with E-state index in [1.807, 2.05) is 6.20 Å². The summed E-state index contributed by atoms with van der Waals surface area (Å²) >= 11 is 0. The Balaban J connectivity index is 2.67. The van der Waals surface area contributed by atoms with Crippen molar-refractivity contribution in [3.63, 3.8) is 0 Å². The fraction of sp³-hybridized carbons (Fsp3) is 0.200. The van der Waals surface area contributed by atoms with Crippen molar-refractivity contribution in [3.05, 3.63) is 36.0 Å². The molecule has 0 spiro atoms. The van der Waals surface area contributed by atoms with Gasteiger partial charge in [0, 0.05) is 23.2 Å². The smallest absolute Gasteiger partial charge is 0.0460 e. The van der Waals surface area contributed by atoms with Crippen molar-refractivity contribution in [2.75, 3.05) is 0 Å². The number of aromatic amines is 1. The molecule has 0 unspecified atom stereocenters. The van der Waals surface area contributed by atoms with Crippen LogP contribution < -0.4 is 0 Å². The maximum Gasteiger partial charge on any atom is 0.0460 e. The molecular formula is C10H10N. The fourth-order valence-electron chi connectivity index (χ4n) is 1.25.